The van der Waals surface area contributed by atoms with E-state index in [0.717, 1.165) is 10.6 Å². The average Bonchev–Trinajstić information content (AvgIpc) is 2.15. The molecule has 1 rings (SSSR count). The molecule has 13 heavy (non-hydrogen) atoms. The van der Waals surface area contributed by atoms with Gasteiger partial charge in [0.1, 0.15) is 5.37 Å². The number of aromatic nitrogens is 1. The summed E-state index contributed by atoms with van der Waals surface area (Å²) in [7, 11) is 1.93. The second-order valence-corrected chi connectivity index (χ2v) is 4.15. The van der Waals surface area contributed by atoms with Crippen LogP contribution in [0.15, 0.2) is 35.9 Å². The van der Waals surface area contributed by atoms with Crippen molar-refractivity contribution >= 4 is 11.8 Å². The standard InChI is InChI=1S/C10H14N2S/c1-8(2)13-10(11-3)9-6-4-5-7-12-9/h4-7,10-11H,1H2,2-3H3. The molecule has 70 valence electrons. The summed E-state index contributed by atoms with van der Waals surface area (Å²) in [5.41, 5.74) is 1.04. The van der Waals surface area contributed by atoms with Crippen molar-refractivity contribution in [1.82, 2.24) is 10.3 Å². The first-order valence-electron chi connectivity index (χ1n) is 4.14. The minimum atomic E-state index is 0.207. The Labute approximate surface area is 83.5 Å². The molecule has 1 aromatic heterocycles. The van der Waals surface area contributed by atoms with Gasteiger partial charge in [-0.2, -0.15) is 0 Å². The lowest BCUT2D eigenvalue weighted by Crippen LogP contribution is -2.13. The third kappa shape index (κ3) is 3.20. The lowest BCUT2D eigenvalue weighted by molar-refractivity contribution is 0.771. The molecular formula is C10H14N2S. The summed E-state index contributed by atoms with van der Waals surface area (Å²) in [6, 6.07) is 5.92. The summed E-state index contributed by atoms with van der Waals surface area (Å²) in [6.45, 7) is 5.86. The van der Waals surface area contributed by atoms with Gasteiger partial charge in [0, 0.05) is 6.20 Å². The third-order valence-electron chi connectivity index (χ3n) is 1.54. The monoisotopic (exact) mass is 194 g/mol. The Morgan fingerprint density at radius 3 is 2.85 bits per heavy atom. The number of hydrogen-bond donors (Lipinski definition) is 1. The summed E-state index contributed by atoms with van der Waals surface area (Å²) >= 11 is 1.68. The molecule has 0 amide bonds. The van der Waals surface area contributed by atoms with Crippen molar-refractivity contribution in [2.45, 2.75) is 12.3 Å². The lowest BCUT2D eigenvalue weighted by atomic mass is 10.3. The quantitative estimate of drug-likeness (QED) is 0.746. The highest BCUT2D eigenvalue weighted by Gasteiger charge is 2.09. The van der Waals surface area contributed by atoms with Crippen LogP contribution < -0.4 is 5.32 Å². The van der Waals surface area contributed by atoms with Gasteiger partial charge >= 0.3 is 0 Å². The molecule has 1 atom stereocenters. The van der Waals surface area contributed by atoms with Gasteiger partial charge in [-0.1, -0.05) is 12.6 Å². The topological polar surface area (TPSA) is 24.9 Å². The van der Waals surface area contributed by atoms with Gasteiger partial charge in [-0.3, -0.25) is 4.98 Å². The van der Waals surface area contributed by atoms with Gasteiger partial charge in [0.05, 0.1) is 5.69 Å². The number of thioether (sulfide) groups is 1. The van der Waals surface area contributed by atoms with E-state index in [0.29, 0.717) is 0 Å². The van der Waals surface area contributed by atoms with Crippen LogP contribution in [0, 0.1) is 0 Å². The van der Waals surface area contributed by atoms with Crippen molar-refractivity contribution in [3.05, 3.63) is 41.6 Å². The minimum absolute atomic E-state index is 0.207. The van der Waals surface area contributed by atoms with E-state index in [9.17, 15) is 0 Å². The third-order valence-corrected chi connectivity index (χ3v) is 2.65. The maximum Gasteiger partial charge on any atom is 0.100 e. The molecule has 0 aliphatic heterocycles. The van der Waals surface area contributed by atoms with E-state index in [1.165, 1.54) is 0 Å². The van der Waals surface area contributed by atoms with Crippen LogP contribution in [0.25, 0.3) is 0 Å². The van der Waals surface area contributed by atoms with E-state index in [4.69, 9.17) is 0 Å². The van der Waals surface area contributed by atoms with E-state index < -0.39 is 0 Å². The van der Waals surface area contributed by atoms with Crippen molar-refractivity contribution in [1.29, 1.82) is 0 Å². The molecule has 1 aromatic rings. The highest BCUT2D eigenvalue weighted by Crippen LogP contribution is 2.29. The van der Waals surface area contributed by atoms with Crippen LogP contribution in [0.5, 0.6) is 0 Å². The predicted octanol–water partition coefficient (Wildman–Crippen LogP) is 2.57. The number of nitrogens with zero attached hydrogens (tertiary/aromatic N) is 1. The van der Waals surface area contributed by atoms with Gasteiger partial charge in [-0.15, -0.1) is 11.8 Å². The van der Waals surface area contributed by atoms with Crippen molar-refractivity contribution in [2.24, 2.45) is 0 Å². The molecule has 1 unspecified atom stereocenters. The zero-order chi connectivity index (χ0) is 9.68. The first-order chi connectivity index (χ1) is 6.24. The molecular weight excluding hydrogens is 180 g/mol. The zero-order valence-electron chi connectivity index (χ0n) is 7.95. The van der Waals surface area contributed by atoms with Crippen LogP contribution in [0.4, 0.5) is 0 Å². The molecule has 0 aliphatic rings. The summed E-state index contributed by atoms with van der Waals surface area (Å²) in [4.78, 5) is 5.37. The van der Waals surface area contributed by atoms with Gasteiger partial charge in [-0.05, 0) is 31.0 Å². The number of rotatable bonds is 4. The molecule has 3 heteroatoms. The van der Waals surface area contributed by atoms with E-state index in [1.807, 2.05) is 32.2 Å². The first kappa shape index (κ1) is 10.3. The number of pyridine rings is 1. The number of nitrogens with one attached hydrogen (secondary N) is 1. The Bertz CT molecular complexity index is 272. The molecule has 0 aromatic carbocycles. The van der Waals surface area contributed by atoms with E-state index in [2.05, 4.69) is 16.9 Å². The molecule has 0 saturated carbocycles. The van der Waals surface area contributed by atoms with Crippen LogP contribution in [0.1, 0.15) is 18.0 Å². The highest BCUT2D eigenvalue weighted by molar-refractivity contribution is 8.03. The Kier molecular flexibility index (Phi) is 3.99. The second kappa shape index (κ2) is 5.04. The fourth-order valence-corrected chi connectivity index (χ4v) is 1.78. The van der Waals surface area contributed by atoms with Crippen LogP contribution in [-0.4, -0.2) is 12.0 Å². The molecule has 0 bridgehead atoms. The SMILES string of the molecule is C=C(C)SC(NC)c1ccccn1. The molecule has 0 spiro atoms. The molecule has 1 N–H and O–H groups in total. The van der Waals surface area contributed by atoms with Crippen LogP contribution in [-0.2, 0) is 0 Å². The highest BCUT2D eigenvalue weighted by atomic mass is 32.2. The van der Waals surface area contributed by atoms with E-state index in [-0.39, 0.29) is 5.37 Å². The minimum Gasteiger partial charge on any atom is -0.303 e. The molecule has 1 heterocycles. The van der Waals surface area contributed by atoms with E-state index >= 15 is 0 Å². The average molecular weight is 194 g/mol. The number of allylic oxidation sites excluding steroid dienone is 1. The molecule has 0 radical (unpaired) electrons. The molecule has 0 saturated heterocycles. The zero-order valence-corrected chi connectivity index (χ0v) is 8.77. The molecule has 0 aliphatic carbocycles. The van der Waals surface area contributed by atoms with Gasteiger partial charge in [0.15, 0.2) is 0 Å². The van der Waals surface area contributed by atoms with Gasteiger partial charge in [-0.25, -0.2) is 0 Å². The summed E-state index contributed by atoms with van der Waals surface area (Å²) in [5.74, 6) is 0. The number of hydrogen-bond acceptors (Lipinski definition) is 3. The Hall–Kier alpha value is -0.800. The largest absolute Gasteiger partial charge is 0.303 e. The Balaban J connectivity index is 2.73. The predicted molar refractivity (Wildman–Crippen MR) is 58.4 cm³/mol. The summed E-state index contributed by atoms with van der Waals surface area (Å²) in [6.07, 6.45) is 1.80. The molecule has 0 fully saturated rings. The van der Waals surface area contributed by atoms with Gasteiger partial charge < -0.3 is 5.32 Å². The van der Waals surface area contributed by atoms with Crippen molar-refractivity contribution in [3.63, 3.8) is 0 Å². The van der Waals surface area contributed by atoms with E-state index in [1.54, 1.807) is 18.0 Å². The Morgan fingerprint density at radius 1 is 1.62 bits per heavy atom. The fraction of sp³-hybridized carbons (Fsp3) is 0.300. The summed E-state index contributed by atoms with van der Waals surface area (Å²) < 4.78 is 0. The summed E-state index contributed by atoms with van der Waals surface area (Å²) in [5, 5.41) is 3.40. The smallest absolute Gasteiger partial charge is 0.100 e. The second-order valence-electron chi connectivity index (χ2n) is 2.74. The van der Waals surface area contributed by atoms with Crippen LogP contribution >= 0.6 is 11.8 Å². The maximum atomic E-state index is 4.28. The van der Waals surface area contributed by atoms with Crippen molar-refractivity contribution in [3.8, 4) is 0 Å². The van der Waals surface area contributed by atoms with Gasteiger partial charge in [0.2, 0.25) is 0 Å². The van der Waals surface area contributed by atoms with Crippen LogP contribution in [0.3, 0.4) is 0 Å². The van der Waals surface area contributed by atoms with Crippen LogP contribution in [0.2, 0.25) is 0 Å². The fourth-order valence-electron chi connectivity index (χ4n) is 0.999. The van der Waals surface area contributed by atoms with Crippen molar-refractivity contribution < 1.29 is 0 Å². The first-order valence-corrected chi connectivity index (χ1v) is 5.02. The maximum absolute atomic E-state index is 4.28. The lowest BCUT2D eigenvalue weighted by Gasteiger charge is -2.14. The Morgan fingerprint density at radius 2 is 2.38 bits per heavy atom. The van der Waals surface area contributed by atoms with Crippen molar-refractivity contribution in [2.75, 3.05) is 7.05 Å². The molecule has 2 nitrogen and oxygen atoms in total. The van der Waals surface area contributed by atoms with Gasteiger partial charge in [0.25, 0.3) is 0 Å². The normalized spacial score (nSPS) is 12.5.